The summed E-state index contributed by atoms with van der Waals surface area (Å²) in [6.07, 6.45) is 0. The lowest BCUT2D eigenvalue weighted by molar-refractivity contribution is 0.306. The van der Waals surface area contributed by atoms with E-state index in [1.165, 1.54) is 0 Å². The van der Waals surface area contributed by atoms with Crippen molar-refractivity contribution in [2.75, 3.05) is 5.73 Å². The van der Waals surface area contributed by atoms with Crippen LogP contribution in [0, 0.1) is 6.92 Å². The number of benzene rings is 1. The van der Waals surface area contributed by atoms with Gasteiger partial charge in [0.05, 0.1) is 0 Å². The summed E-state index contributed by atoms with van der Waals surface area (Å²) in [5.74, 6) is 1.25. The van der Waals surface area contributed by atoms with E-state index >= 15 is 0 Å². The molecule has 0 aliphatic rings. The predicted octanol–water partition coefficient (Wildman–Crippen LogP) is 2.55. The number of aromatic nitrogens is 1. The highest BCUT2D eigenvalue weighted by atomic mass is 16.5. The minimum atomic E-state index is 0.489. The molecule has 0 amide bonds. The highest BCUT2D eigenvalue weighted by Crippen LogP contribution is 2.16. The van der Waals surface area contributed by atoms with Crippen molar-refractivity contribution in [3.8, 4) is 5.75 Å². The van der Waals surface area contributed by atoms with E-state index in [1.54, 1.807) is 6.07 Å². The first-order valence-corrected chi connectivity index (χ1v) is 5.15. The molecule has 16 heavy (non-hydrogen) atoms. The summed E-state index contributed by atoms with van der Waals surface area (Å²) in [5, 5.41) is 0. The van der Waals surface area contributed by atoms with E-state index in [9.17, 15) is 0 Å². The monoisotopic (exact) mass is 214 g/mol. The number of nitrogen functional groups attached to an aromatic ring is 1. The highest BCUT2D eigenvalue weighted by Gasteiger charge is 1.99. The first-order valence-electron chi connectivity index (χ1n) is 5.15. The van der Waals surface area contributed by atoms with Crippen LogP contribution in [0.3, 0.4) is 0 Å². The van der Waals surface area contributed by atoms with Crippen molar-refractivity contribution in [2.24, 2.45) is 0 Å². The molecule has 2 aromatic rings. The van der Waals surface area contributed by atoms with Crippen molar-refractivity contribution in [1.82, 2.24) is 4.98 Å². The molecule has 0 aliphatic carbocycles. The van der Waals surface area contributed by atoms with Gasteiger partial charge in [0.25, 0.3) is 0 Å². The number of hydrogen-bond donors (Lipinski definition) is 1. The van der Waals surface area contributed by atoms with Gasteiger partial charge in [0.2, 0.25) is 0 Å². The molecule has 82 valence electrons. The Morgan fingerprint density at radius 1 is 1.19 bits per heavy atom. The van der Waals surface area contributed by atoms with Crippen LogP contribution >= 0.6 is 0 Å². The van der Waals surface area contributed by atoms with E-state index in [4.69, 9.17) is 10.5 Å². The molecule has 0 unspecified atom stereocenters. The zero-order chi connectivity index (χ0) is 11.4. The van der Waals surface area contributed by atoms with E-state index in [0.29, 0.717) is 12.4 Å². The third-order valence-electron chi connectivity index (χ3n) is 2.20. The number of hydrogen-bond acceptors (Lipinski definition) is 3. The molecule has 0 spiro atoms. The average Bonchev–Trinajstić information content (AvgIpc) is 2.27. The molecule has 0 fully saturated rings. The summed E-state index contributed by atoms with van der Waals surface area (Å²) < 4.78 is 5.63. The second-order valence-electron chi connectivity index (χ2n) is 3.64. The number of ether oxygens (including phenoxy) is 1. The summed E-state index contributed by atoms with van der Waals surface area (Å²) in [6, 6.07) is 13.6. The lowest BCUT2D eigenvalue weighted by Gasteiger charge is -2.07. The molecule has 1 aromatic carbocycles. The van der Waals surface area contributed by atoms with Gasteiger partial charge in [-0.05, 0) is 12.5 Å². The maximum absolute atomic E-state index is 5.64. The second kappa shape index (κ2) is 4.66. The third-order valence-corrected chi connectivity index (χ3v) is 2.20. The third kappa shape index (κ3) is 2.73. The van der Waals surface area contributed by atoms with Crippen LogP contribution in [0.25, 0.3) is 0 Å². The Hall–Kier alpha value is -2.03. The van der Waals surface area contributed by atoms with Gasteiger partial charge in [-0.1, -0.05) is 30.3 Å². The molecular formula is C13H14N2O. The zero-order valence-corrected chi connectivity index (χ0v) is 9.18. The van der Waals surface area contributed by atoms with Crippen LogP contribution in [-0.4, -0.2) is 4.98 Å². The van der Waals surface area contributed by atoms with Gasteiger partial charge < -0.3 is 10.5 Å². The molecule has 2 N–H and O–H groups in total. The quantitative estimate of drug-likeness (QED) is 0.854. The lowest BCUT2D eigenvalue weighted by Crippen LogP contribution is -1.98. The first kappa shape index (κ1) is 10.5. The molecule has 1 heterocycles. The van der Waals surface area contributed by atoms with Gasteiger partial charge in [-0.25, -0.2) is 4.98 Å². The summed E-state index contributed by atoms with van der Waals surface area (Å²) in [5.41, 5.74) is 7.64. The Bertz CT molecular complexity index is 448. The van der Waals surface area contributed by atoms with Crippen molar-refractivity contribution in [3.05, 3.63) is 53.7 Å². The van der Waals surface area contributed by atoms with Gasteiger partial charge in [-0.3, -0.25) is 0 Å². The van der Waals surface area contributed by atoms with Crippen LogP contribution in [0.4, 0.5) is 5.82 Å². The Labute approximate surface area is 94.9 Å². The van der Waals surface area contributed by atoms with Crippen molar-refractivity contribution in [1.29, 1.82) is 0 Å². The van der Waals surface area contributed by atoms with Gasteiger partial charge in [0.15, 0.2) is 0 Å². The number of nitrogens with two attached hydrogens (primary N) is 1. The van der Waals surface area contributed by atoms with E-state index < -0.39 is 0 Å². The normalized spacial score (nSPS) is 10.1. The molecule has 0 atom stereocenters. The topological polar surface area (TPSA) is 48.1 Å². The van der Waals surface area contributed by atoms with Crippen LogP contribution in [0.2, 0.25) is 0 Å². The number of anilines is 1. The van der Waals surface area contributed by atoms with Gasteiger partial charge in [0.1, 0.15) is 18.2 Å². The number of pyridine rings is 1. The van der Waals surface area contributed by atoms with E-state index in [2.05, 4.69) is 4.98 Å². The summed E-state index contributed by atoms with van der Waals surface area (Å²) in [4.78, 5) is 4.09. The molecule has 0 saturated heterocycles. The smallest absolute Gasteiger partial charge is 0.127 e. The lowest BCUT2D eigenvalue weighted by atomic mass is 10.2. The van der Waals surface area contributed by atoms with Crippen LogP contribution in [0.15, 0.2) is 42.5 Å². The summed E-state index contributed by atoms with van der Waals surface area (Å²) in [7, 11) is 0. The molecule has 2 rings (SSSR count). The molecule has 0 bridgehead atoms. The second-order valence-corrected chi connectivity index (χ2v) is 3.64. The van der Waals surface area contributed by atoms with Gasteiger partial charge in [-0.2, -0.15) is 0 Å². The SMILES string of the molecule is Cc1cc(OCc2ccccc2)cc(N)n1. The highest BCUT2D eigenvalue weighted by molar-refractivity contribution is 5.38. The maximum atomic E-state index is 5.64. The van der Waals surface area contributed by atoms with Crippen molar-refractivity contribution >= 4 is 5.82 Å². The van der Waals surface area contributed by atoms with Crippen LogP contribution in [0.1, 0.15) is 11.3 Å². The Balaban J connectivity index is 2.05. The van der Waals surface area contributed by atoms with E-state index in [1.807, 2.05) is 43.3 Å². The number of nitrogens with zero attached hydrogens (tertiary/aromatic N) is 1. The maximum Gasteiger partial charge on any atom is 0.127 e. The van der Waals surface area contributed by atoms with Crippen molar-refractivity contribution in [2.45, 2.75) is 13.5 Å². The standard InChI is InChI=1S/C13H14N2O/c1-10-7-12(8-13(14)15-10)16-9-11-5-3-2-4-6-11/h2-8H,9H2,1H3,(H2,14,15). The summed E-state index contributed by atoms with van der Waals surface area (Å²) in [6.45, 7) is 2.44. The van der Waals surface area contributed by atoms with Gasteiger partial charge in [0, 0.05) is 17.8 Å². The predicted molar refractivity (Wildman–Crippen MR) is 64.2 cm³/mol. The number of aryl methyl sites for hydroxylation is 1. The fraction of sp³-hybridized carbons (Fsp3) is 0.154. The minimum Gasteiger partial charge on any atom is -0.489 e. The summed E-state index contributed by atoms with van der Waals surface area (Å²) >= 11 is 0. The average molecular weight is 214 g/mol. The Kier molecular flexibility index (Phi) is 3.05. The van der Waals surface area contributed by atoms with Crippen LogP contribution in [0.5, 0.6) is 5.75 Å². The first-order chi connectivity index (χ1) is 7.74. The Morgan fingerprint density at radius 3 is 2.62 bits per heavy atom. The van der Waals surface area contributed by atoms with Crippen molar-refractivity contribution < 1.29 is 4.74 Å². The molecule has 0 aliphatic heterocycles. The molecule has 0 radical (unpaired) electrons. The fourth-order valence-electron chi connectivity index (χ4n) is 1.49. The van der Waals surface area contributed by atoms with Gasteiger partial charge >= 0.3 is 0 Å². The molecule has 0 saturated carbocycles. The minimum absolute atomic E-state index is 0.489. The van der Waals surface area contributed by atoms with Crippen LogP contribution in [-0.2, 0) is 6.61 Å². The largest absolute Gasteiger partial charge is 0.489 e. The molecule has 3 nitrogen and oxygen atoms in total. The molecule has 3 heteroatoms. The van der Waals surface area contributed by atoms with Crippen molar-refractivity contribution in [3.63, 3.8) is 0 Å². The molecular weight excluding hydrogens is 200 g/mol. The zero-order valence-electron chi connectivity index (χ0n) is 9.18. The fourth-order valence-corrected chi connectivity index (χ4v) is 1.49. The Morgan fingerprint density at radius 2 is 1.94 bits per heavy atom. The molecule has 1 aromatic heterocycles. The van der Waals surface area contributed by atoms with Crippen LogP contribution < -0.4 is 10.5 Å². The van der Waals surface area contributed by atoms with Gasteiger partial charge in [-0.15, -0.1) is 0 Å². The van der Waals surface area contributed by atoms with E-state index in [0.717, 1.165) is 17.0 Å². The van der Waals surface area contributed by atoms with E-state index in [-0.39, 0.29) is 0 Å². The number of rotatable bonds is 3.